The summed E-state index contributed by atoms with van der Waals surface area (Å²) in [7, 11) is 0. The molecule has 0 unspecified atom stereocenters. The molecule has 3 heteroatoms. The highest BCUT2D eigenvalue weighted by Gasteiger charge is 2.14. The highest BCUT2D eigenvalue weighted by molar-refractivity contribution is 6.09. The number of Topliss-reactive ketones (excluding diaryl/α,β-unsaturated/α-hetero) is 1. The van der Waals surface area contributed by atoms with Crippen LogP contribution in [-0.4, -0.2) is 11.6 Å². The van der Waals surface area contributed by atoms with Gasteiger partial charge < -0.3 is 0 Å². The largest absolute Gasteiger partial charge is 0.289 e. The molecule has 3 nitrogen and oxygen atoms in total. The van der Waals surface area contributed by atoms with E-state index in [0.29, 0.717) is 16.7 Å². The van der Waals surface area contributed by atoms with Gasteiger partial charge in [-0.2, -0.15) is 4.57 Å². The van der Waals surface area contributed by atoms with E-state index in [2.05, 4.69) is 0 Å². The number of aromatic nitrogens is 1. The van der Waals surface area contributed by atoms with Crippen LogP contribution in [0.1, 0.15) is 26.3 Å². The molecular weight excluding hydrogens is 334 g/mol. The molecule has 0 bridgehead atoms. The van der Waals surface area contributed by atoms with Gasteiger partial charge in [0.15, 0.2) is 18.2 Å². The number of ketones is 2. The van der Waals surface area contributed by atoms with Crippen LogP contribution in [0.15, 0.2) is 97.3 Å². The van der Waals surface area contributed by atoms with E-state index in [9.17, 15) is 9.59 Å². The van der Waals surface area contributed by atoms with Crippen LogP contribution < -0.4 is 4.57 Å². The zero-order valence-corrected chi connectivity index (χ0v) is 14.7. The van der Waals surface area contributed by atoms with E-state index in [1.165, 1.54) is 0 Å². The van der Waals surface area contributed by atoms with Crippen molar-refractivity contribution < 1.29 is 14.2 Å². The molecule has 0 atom stereocenters. The first-order chi connectivity index (χ1) is 13.2. The topological polar surface area (TPSA) is 38.0 Å². The second-order valence-corrected chi connectivity index (χ2v) is 6.44. The van der Waals surface area contributed by atoms with E-state index in [0.717, 1.165) is 10.8 Å². The Morgan fingerprint density at radius 2 is 1.22 bits per heavy atom. The normalized spacial score (nSPS) is 10.7. The molecule has 0 saturated carbocycles. The van der Waals surface area contributed by atoms with Gasteiger partial charge in [-0.05, 0) is 11.5 Å². The van der Waals surface area contributed by atoms with Crippen molar-refractivity contribution in [3.05, 3.63) is 114 Å². The minimum absolute atomic E-state index is 0.00833. The van der Waals surface area contributed by atoms with Gasteiger partial charge in [-0.3, -0.25) is 9.59 Å². The molecule has 1 heterocycles. The van der Waals surface area contributed by atoms with Crippen molar-refractivity contribution in [2.45, 2.75) is 6.54 Å². The Morgan fingerprint density at radius 3 is 1.96 bits per heavy atom. The smallest absolute Gasteiger partial charge is 0.227 e. The Kier molecular flexibility index (Phi) is 4.58. The molecule has 0 amide bonds. The molecule has 0 spiro atoms. The van der Waals surface area contributed by atoms with Crippen LogP contribution in [0.4, 0.5) is 0 Å². The number of hydrogen-bond acceptors (Lipinski definition) is 2. The molecule has 0 saturated heterocycles. The molecule has 4 aromatic rings. The van der Waals surface area contributed by atoms with Crippen LogP contribution in [0.25, 0.3) is 10.8 Å². The van der Waals surface area contributed by atoms with Crippen molar-refractivity contribution in [3.63, 3.8) is 0 Å². The quantitative estimate of drug-likeness (QED) is 0.398. The molecule has 0 aliphatic carbocycles. The first-order valence-corrected chi connectivity index (χ1v) is 8.81. The fourth-order valence-electron chi connectivity index (χ4n) is 3.10. The molecule has 0 fully saturated rings. The van der Waals surface area contributed by atoms with E-state index in [1.807, 2.05) is 65.5 Å². The minimum Gasteiger partial charge on any atom is -0.289 e. The highest BCUT2D eigenvalue weighted by atomic mass is 16.1. The lowest BCUT2D eigenvalue weighted by atomic mass is 10.0. The third-order valence-corrected chi connectivity index (χ3v) is 4.58. The maximum absolute atomic E-state index is 12.6. The maximum Gasteiger partial charge on any atom is 0.227 e. The molecule has 0 aliphatic heterocycles. The van der Waals surface area contributed by atoms with Crippen molar-refractivity contribution in [1.82, 2.24) is 0 Å². The Hall–Kier alpha value is -3.59. The second kappa shape index (κ2) is 7.34. The second-order valence-electron chi connectivity index (χ2n) is 6.44. The molecule has 0 radical (unpaired) electrons. The van der Waals surface area contributed by atoms with Crippen LogP contribution in [0.2, 0.25) is 0 Å². The van der Waals surface area contributed by atoms with Crippen molar-refractivity contribution in [2.24, 2.45) is 0 Å². The highest BCUT2D eigenvalue weighted by Crippen LogP contribution is 2.12. The van der Waals surface area contributed by atoms with E-state index in [-0.39, 0.29) is 18.1 Å². The van der Waals surface area contributed by atoms with Crippen molar-refractivity contribution in [1.29, 1.82) is 0 Å². The van der Waals surface area contributed by atoms with E-state index in [4.69, 9.17) is 0 Å². The third-order valence-electron chi connectivity index (χ3n) is 4.58. The molecule has 0 N–H and O–H groups in total. The summed E-state index contributed by atoms with van der Waals surface area (Å²) in [6.45, 7) is 0.261. The van der Waals surface area contributed by atoms with Gasteiger partial charge in [-0.1, -0.05) is 72.8 Å². The first kappa shape index (κ1) is 16.9. The molecule has 130 valence electrons. The first-order valence-electron chi connectivity index (χ1n) is 8.81. The zero-order valence-electron chi connectivity index (χ0n) is 14.7. The number of fused-ring (bicyclic) bond motifs is 1. The molecule has 0 aliphatic rings. The van der Waals surface area contributed by atoms with Gasteiger partial charge in [-0.15, -0.1) is 0 Å². The summed E-state index contributed by atoms with van der Waals surface area (Å²) in [4.78, 5) is 25.0. The van der Waals surface area contributed by atoms with Gasteiger partial charge in [-0.25, -0.2) is 0 Å². The van der Waals surface area contributed by atoms with Crippen molar-refractivity contribution in [2.75, 3.05) is 0 Å². The van der Waals surface area contributed by atoms with Crippen LogP contribution >= 0.6 is 0 Å². The van der Waals surface area contributed by atoms with E-state index < -0.39 is 0 Å². The van der Waals surface area contributed by atoms with Gasteiger partial charge >= 0.3 is 0 Å². The van der Waals surface area contributed by atoms with Crippen LogP contribution in [-0.2, 0) is 6.54 Å². The molecule has 4 rings (SSSR count). The average Bonchev–Trinajstić information content (AvgIpc) is 2.74. The molecule has 1 aromatic heterocycles. The number of rotatable bonds is 5. The predicted molar refractivity (Wildman–Crippen MR) is 105 cm³/mol. The zero-order chi connectivity index (χ0) is 18.6. The number of nitrogens with zero attached hydrogens (tertiary/aromatic N) is 1. The Bertz CT molecular complexity index is 1120. The summed E-state index contributed by atoms with van der Waals surface area (Å²) in [5.41, 5.74) is 1.82. The minimum atomic E-state index is -0.0431. The lowest BCUT2D eigenvalue weighted by Gasteiger charge is -2.03. The molecule has 27 heavy (non-hydrogen) atoms. The lowest BCUT2D eigenvalue weighted by molar-refractivity contribution is -0.681. The van der Waals surface area contributed by atoms with Crippen molar-refractivity contribution in [3.8, 4) is 0 Å². The lowest BCUT2D eigenvalue weighted by Crippen LogP contribution is -2.37. The molecule has 3 aromatic carbocycles. The monoisotopic (exact) mass is 352 g/mol. The number of carbonyl (C=O) groups is 2. The van der Waals surface area contributed by atoms with Gasteiger partial charge in [0.2, 0.25) is 12.3 Å². The summed E-state index contributed by atoms with van der Waals surface area (Å²) >= 11 is 0. The summed E-state index contributed by atoms with van der Waals surface area (Å²) in [5.74, 6) is -0.0347. The predicted octanol–water partition coefficient (Wildman–Crippen LogP) is 4.24. The summed E-state index contributed by atoms with van der Waals surface area (Å²) < 4.78 is 1.88. The van der Waals surface area contributed by atoms with E-state index in [1.54, 1.807) is 36.4 Å². The van der Waals surface area contributed by atoms with E-state index >= 15 is 0 Å². The van der Waals surface area contributed by atoms with Gasteiger partial charge in [0.25, 0.3) is 0 Å². The van der Waals surface area contributed by atoms with Crippen molar-refractivity contribution >= 4 is 22.3 Å². The Morgan fingerprint density at radius 1 is 0.630 bits per heavy atom. The van der Waals surface area contributed by atoms with Crippen LogP contribution in [0.5, 0.6) is 0 Å². The van der Waals surface area contributed by atoms with Crippen LogP contribution in [0, 0.1) is 0 Å². The number of hydrogen-bond donors (Lipinski definition) is 0. The summed E-state index contributed by atoms with van der Waals surface area (Å²) in [6.07, 6.45) is 3.88. The van der Waals surface area contributed by atoms with Crippen LogP contribution in [0.3, 0.4) is 0 Å². The number of carbonyl (C=O) groups excluding carboxylic acids is 2. The SMILES string of the molecule is O=C(C[n+]1ccc2ccccc2c1)c1ccc(C(=O)c2ccccc2)cc1. The summed E-state index contributed by atoms with van der Waals surface area (Å²) in [6, 6.07) is 26.1. The Labute approximate surface area is 157 Å². The number of benzene rings is 3. The average molecular weight is 352 g/mol. The summed E-state index contributed by atoms with van der Waals surface area (Å²) in [5, 5.41) is 2.24. The van der Waals surface area contributed by atoms with Gasteiger partial charge in [0, 0.05) is 28.1 Å². The van der Waals surface area contributed by atoms with Gasteiger partial charge in [0.05, 0.1) is 0 Å². The standard InChI is InChI=1S/C24H18NO2/c26-23(17-25-15-14-18-6-4-5-9-22(18)16-25)19-10-12-21(13-11-19)24(27)20-7-2-1-3-8-20/h1-16H,17H2/q+1. The number of pyridine rings is 1. The third kappa shape index (κ3) is 3.67. The fraction of sp³-hybridized carbons (Fsp3) is 0.0417. The van der Waals surface area contributed by atoms with Gasteiger partial charge in [0.1, 0.15) is 0 Å². The maximum atomic E-state index is 12.6. The molecular formula is C24H18NO2+. The Balaban J connectivity index is 1.51. The fourth-order valence-corrected chi connectivity index (χ4v) is 3.10.